The van der Waals surface area contributed by atoms with Crippen molar-refractivity contribution in [3.63, 3.8) is 0 Å². The van der Waals surface area contributed by atoms with Crippen LogP contribution in [0.4, 0.5) is 8.78 Å². The third kappa shape index (κ3) is 1.46. The van der Waals surface area contributed by atoms with Crippen molar-refractivity contribution < 1.29 is 13.5 Å². The molecule has 1 aromatic rings. The molecule has 1 saturated carbocycles. The van der Waals surface area contributed by atoms with Crippen LogP contribution in [-0.4, -0.2) is 7.11 Å². The van der Waals surface area contributed by atoms with Crippen molar-refractivity contribution in [3.8, 4) is 18.1 Å². The summed E-state index contributed by atoms with van der Waals surface area (Å²) >= 11 is 0. The lowest BCUT2D eigenvalue weighted by Crippen LogP contribution is -2.09. The molecular formula is C12H10F2O. The standard InChI is InChI=1S/C12H10F2O/c1-3-12(4-5-12)11-9(13)6-8(15-2)7-10(11)14/h1,6-7H,4-5H2,2H3. The summed E-state index contributed by atoms with van der Waals surface area (Å²) in [6.07, 6.45) is 6.58. The number of rotatable bonds is 2. The van der Waals surface area contributed by atoms with E-state index in [1.807, 2.05) is 0 Å². The van der Waals surface area contributed by atoms with Gasteiger partial charge < -0.3 is 4.74 Å². The summed E-state index contributed by atoms with van der Waals surface area (Å²) in [5.41, 5.74) is -0.716. The largest absolute Gasteiger partial charge is 0.497 e. The number of terminal acetylenes is 1. The van der Waals surface area contributed by atoms with E-state index in [9.17, 15) is 8.78 Å². The maximum atomic E-state index is 13.6. The first kappa shape index (κ1) is 9.97. The van der Waals surface area contributed by atoms with E-state index in [2.05, 4.69) is 5.92 Å². The number of benzene rings is 1. The molecule has 0 bridgehead atoms. The van der Waals surface area contributed by atoms with Gasteiger partial charge >= 0.3 is 0 Å². The Morgan fingerprint density at radius 3 is 2.20 bits per heavy atom. The Balaban J connectivity index is 2.54. The Kier molecular flexibility index (Phi) is 2.15. The third-order valence-corrected chi connectivity index (χ3v) is 2.76. The van der Waals surface area contributed by atoms with Crippen molar-refractivity contribution in [3.05, 3.63) is 29.3 Å². The van der Waals surface area contributed by atoms with Gasteiger partial charge in [0, 0.05) is 17.7 Å². The average Bonchev–Trinajstić information content (AvgIpc) is 2.97. The van der Waals surface area contributed by atoms with Crippen molar-refractivity contribution in [1.29, 1.82) is 0 Å². The molecule has 1 aliphatic carbocycles. The number of ether oxygens (including phenoxy) is 1. The van der Waals surface area contributed by atoms with Gasteiger partial charge in [0.05, 0.1) is 12.5 Å². The van der Waals surface area contributed by atoms with Crippen LogP contribution in [0.3, 0.4) is 0 Å². The lowest BCUT2D eigenvalue weighted by molar-refractivity contribution is 0.404. The highest BCUT2D eigenvalue weighted by Gasteiger charge is 2.46. The third-order valence-electron chi connectivity index (χ3n) is 2.76. The number of halogens is 2. The molecule has 1 fully saturated rings. The van der Waals surface area contributed by atoms with Gasteiger partial charge in [0.25, 0.3) is 0 Å². The number of hydrogen-bond donors (Lipinski definition) is 0. The molecule has 0 radical (unpaired) electrons. The molecule has 0 aromatic heterocycles. The predicted molar refractivity (Wildman–Crippen MR) is 52.7 cm³/mol. The summed E-state index contributed by atoms with van der Waals surface area (Å²) < 4.78 is 32.0. The Hall–Kier alpha value is -1.56. The zero-order valence-corrected chi connectivity index (χ0v) is 8.31. The predicted octanol–water partition coefficient (Wildman–Crippen LogP) is 2.64. The Morgan fingerprint density at radius 2 is 1.87 bits per heavy atom. The first-order valence-corrected chi connectivity index (χ1v) is 4.64. The highest BCUT2D eigenvalue weighted by Crippen LogP contribution is 2.49. The summed E-state index contributed by atoms with van der Waals surface area (Å²) in [6.45, 7) is 0. The van der Waals surface area contributed by atoms with Gasteiger partial charge in [-0.1, -0.05) is 5.92 Å². The maximum absolute atomic E-state index is 13.6. The van der Waals surface area contributed by atoms with E-state index in [-0.39, 0.29) is 11.3 Å². The lowest BCUT2D eigenvalue weighted by Gasteiger charge is -2.12. The van der Waals surface area contributed by atoms with Crippen molar-refractivity contribution in [2.45, 2.75) is 18.3 Å². The van der Waals surface area contributed by atoms with Crippen molar-refractivity contribution >= 4 is 0 Å². The van der Waals surface area contributed by atoms with Crippen molar-refractivity contribution in [2.24, 2.45) is 0 Å². The van der Waals surface area contributed by atoms with E-state index in [0.717, 1.165) is 12.1 Å². The van der Waals surface area contributed by atoms with Crippen LogP contribution in [0.2, 0.25) is 0 Å². The normalized spacial score (nSPS) is 16.9. The Labute approximate surface area is 87.1 Å². The molecule has 0 amide bonds. The van der Waals surface area contributed by atoms with Crippen LogP contribution >= 0.6 is 0 Å². The second kappa shape index (κ2) is 3.23. The van der Waals surface area contributed by atoms with E-state index >= 15 is 0 Å². The molecule has 3 heteroatoms. The van der Waals surface area contributed by atoms with Gasteiger partial charge in [0.15, 0.2) is 0 Å². The summed E-state index contributed by atoms with van der Waals surface area (Å²) in [4.78, 5) is 0. The minimum absolute atomic E-state index is 0.00537. The SMILES string of the molecule is C#CC1(c2c(F)cc(OC)cc2F)CC1. The van der Waals surface area contributed by atoms with Crippen LogP contribution in [-0.2, 0) is 5.41 Å². The zero-order chi connectivity index (χ0) is 11.1. The molecular weight excluding hydrogens is 198 g/mol. The molecule has 1 aliphatic rings. The van der Waals surface area contributed by atoms with E-state index in [0.29, 0.717) is 12.8 Å². The second-order valence-corrected chi connectivity index (χ2v) is 3.69. The van der Waals surface area contributed by atoms with Crippen molar-refractivity contribution in [2.75, 3.05) is 7.11 Å². The molecule has 0 unspecified atom stereocenters. The topological polar surface area (TPSA) is 9.23 Å². The molecule has 1 nitrogen and oxygen atoms in total. The van der Waals surface area contributed by atoms with Crippen LogP contribution in [0.5, 0.6) is 5.75 Å². The van der Waals surface area contributed by atoms with E-state index in [1.165, 1.54) is 7.11 Å². The lowest BCUT2D eigenvalue weighted by atomic mass is 9.95. The fourth-order valence-corrected chi connectivity index (χ4v) is 1.72. The maximum Gasteiger partial charge on any atom is 0.134 e. The van der Waals surface area contributed by atoms with E-state index in [1.54, 1.807) is 0 Å². The van der Waals surface area contributed by atoms with Gasteiger partial charge in [-0.05, 0) is 12.8 Å². The van der Waals surface area contributed by atoms with E-state index < -0.39 is 17.0 Å². The average molecular weight is 208 g/mol. The highest BCUT2D eigenvalue weighted by atomic mass is 19.1. The van der Waals surface area contributed by atoms with E-state index in [4.69, 9.17) is 11.2 Å². The van der Waals surface area contributed by atoms with Crippen LogP contribution in [0.15, 0.2) is 12.1 Å². The molecule has 0 aliphatic heterocycles. The Morgan fingerprint density at radius 1 is 1.33 bits per heavy atom. The summed E-state index contributed by atoms with van der Waals surface area (Å²) in [5.74, 6) is 1.39. The summed E-state index contributed by atoms with van der Waals surface area (Å²) in [5, 5.41) is 0. The molecule has 0 heterocycles. The molecule has 2 rings (SSSR count). The molecule has 78 valence electrons. The van der Waals surface area contributed by atoms with Crippen LogP contribution < -0.4 is 4.74 Å². The number of hydrogen-bond acceptors (Lipinski definition) is 1. The van der Waals surface area contributed by atoms with Gasteiger partial charge in [-0.25, -0.2) is 8.78 Å². The van der Waals surface area contributed by atoms with Gasteiger partial charge in [0.1, 0.15) is 17.4 Å². The first-order chi connectivity index (χ1) is 7.13. The second-order valence-electron chi connectivity index (χ2n) is 3.69. The van der Waals surface area contributed by atoms with Gasteiger partial charge in [0.2, 0.25) is 0 Å². The highest BCUT2D eigenvalue weighted by molar-refractivity contribution is 5.44. The smallest absolute Gasteiger partial charge is 0.134 e. The fraction of sp³-hybridized carbons (Fsp3) is 0.333. The molecule has 15 heavy (non-hydrogen) atoms. The fourth-order valence-electron chi connectivity index (χ4n) is 1.72. The van der Waals surface area contributed by atoms with Gasteiger partial charge in [-0.3, -0.25) is 0 Å². The van der Waals surface area contributed by atoms with Crippen LogP contribution in [0.1, 0.15) is 18.4 Å². The van der Waals surface area contributed by atoms with Crippen molar-refractivity contribution in [1.82, 2.24) is 0 Å². The monoisotopic (exact) mass is 208 g/mol. The molecule has 0 spiro atoms. The quantitative estimate of drug-likeness (QED) is 0.679. The minimum atomic E-state index is -0.722. The molecule has 0 saturated heterocycles. The summed E-state index contributed by atoms with van der Waals surface area (Å²) in [6, 6.07) is 2.33. The number of methoxy groups -OCH3 is 1. The first-order valence-electron chi connectivity index (χ1n) is 4.64. The van der Waals surface area contributed by atoms with Crippen LogP contribution in [0, 0.1) is 24.0 Å². The van der Waals surface area contributed by atoms with Gasteiger partial charge in [-0.15, -0.1) is 6.42 Å². The molecule has 1 aromatic carbocycles. The zero-order valence-electron chi connectivity index (χ0n) is 8.31. The molecule has 0 N–H and O–H groups in total. The minimum Gasteiger partial charge on any atom is -0.497 e. The molecule has 0 atom stereocenters. The summed E-state index contributed by atoms with van der Waals surface area (Å²) in [7, 11) is 1.36. The Bertz CT molecular complexity index is 418. The van der Waals surface area contributed by atoms with Crippen LogP contribution in [0.25, 0.3) is 0 Å². The van der Waals surface area contributed by atoms with Gasteiger partial charge in [-0.2, -0.15) is 0 Å².